The van der Waals surface area contributed by atoms with E-state index in [2.05, 4.69) is 22.5 Å². The fourth-order valence-corrected chi connectivity index (χ4v) is 3.71. The molecule has 2 atom stereocenters. The second-order valence-corrected chi connectivity index (χ2v) is 5.94. The Morgan fingerprint density at radius 1 is 1.30 bits per heavy atom. The fourth-order valence-electron chi connectivity index (χ4n) is 3.71. The highest BCUT2D eigenvalue weighted by Crippen LogP contribution is 2.35. The lowest BCUT2D eigenvalue weighted by molar-refractivity contribution is -0.121. The zero-order valence-corrected chi connectivity index (χ0v) is 12.9. The van der Waals surface area contributed by atoms with Crippen molar-refractivity contribution in [1.82, 2.24) is 15.5 Å². The average molecular weight is 283 g/mol. The molecule has 2 aliphatic rings. The monoisotopic (exact) mass is 283 g/mol. The van der Waals surface area contributed by atoms with E-state index < -0.39 is 0 Å². The van der Waals surface area contributed by atoms with E-state index in [9.17, 15) is 4.79 Å². The summed E-state index contributed by atoms with van der Waals surface area (Å²) < 4.78 is 4.93. The Balaban J connectivity index is 1.70. The molecule has 0 aromatic rings. The van der Waals surface area contributed by atoms with Crippen molar-refractivity contribution in [2.45, 2.75) is 57.2 Å². The van der Waals surface area contributed by atoms with Gasteiger partial charge in [-0.25, -0.2) is 0 Å². The Labute approximate surface area is 122 Å². The van der Waals surface area contributed by atoms with Gasteiger partial charge in [-0.15, -0.1) is 0 Å². The summed E-state index contributed by atoms with van der Waals surface area (Å²) in [6.07, 6.45) is 5.71. The molecule has 2 unspecified atom stereocenters. The van der Waals surface area contributed by atoms with Gasteiger partial charge in [0.15, 0.2) is 0 Å². The van der Waals surface area contributed by atoms with Crippen LogP contribution in [0.2, 0.25) is 0 Å². The van der Waals surface area contributed by atoms with Crippen molar-refractivity contribution in [3.63, 3.8) is 0 Å². The molecule has 0 aromatic carbocycles. The maximum atomic E-state index is 11.8. The van der Waals surface area contributed by atoms with Crippen molar-refractivity contribution >= 4 is 5.91 Å². The third-order valence-electron chi connectivity index (χ3n) is 4.60. The predicted octanol–water partition coefficient (Wildman–Crippen LogP) is 0.744. The first-order valence-corrected chi connectivity index (χ1v) is 7.99. The number of ether oxygens (including phenoxy) is 1. The van der Waals surface area contributed by atoms with Gasteiger partial charge in [-0.3, -0.25) is 9.69 Å². The number of amides is 1. The number of hydrogen-bond donors (Lipinski definition) is 2. The van der Waals surface area contributed by atoms with E-state index >= 15 is 0 Å². The Kier molecular flexibility index (Phi) is 6.26. The first-order valence-electron chi connectivity index (χ1n) is 7.99. The molecule has 2 N–H and O–H groups in total. The number of fused-ring (bicyclic) bond motifs is 2. The Morgan fingerprint density at radius 3 is 2.60 bits per heavy atom. The van der Waals surface area contributed by atoms with Crippen molar-refractivity contribution in [2.24, 2.45) is 0 Å². The number of methoxy groups -OCH3 is 1. The molecule has 2 fully saturated rings. The third kappa shape index (κ3) is 4.17. The molecule has 5 heteroatoms. The molecular weight excluding hydrogens is 254 g/mol. The van der Waals surface area contributed by atoms with Gasteiger partial charge in [-0.2, -0.15) is 0 Å². The van der Waals surface area contributed by atoms with E-state index in [-0.39, 0.29) is 5.91 Å². The number of piperidine rings is 1. The second-order valence-electron chi connectivity index (χ2n) is 5.94. The Bertz CT molecular complexity index is 297. The second kappa shape index (κ2) is 7.96. The van der Waals surface area contributed by atoms with Crippen molar-refractivity contribution in [3.8, 4) is 0 Å². The first kappa shape index (κ1) is 15.7. The zero-order chi connectivity index (χ0) is 14.4. The van der Waals surface area contributed by atoms with Crippen LogP contribution in [-0.2, 0) is 9.53 Å². The molecular formula is C15H29N3O2. The summed E-state index contributed by atoms with van der Waals surface area (Å²) in [6, 6.07) is 2.05. The molecule has 20 heavy (non-hydrogen) atoms. The SMILES string of the molecule is CCNC1CC2CCC(C1)N2CCC(=O)NCCOC. The molecule has 2 aliphatic heterocycles. The fraction of sp³-hybridized carbons (Fsp3) is 0.933. The van der Waals surface area contributed by atoms with Crippen LogP contribution < -0.4 is 10.6 Å². The van der Waals surface area contributed by atoms with Gasteiger partial charge in [0.2, 0.25) is 5.91 Å². The largest absolute Gasteiger partial charge is 0.383 e. The summed E-state index contributed by atoms with van der Waals surface area (Å²) in [5.41, 5.74) is 0. The molecule has 0 spiro atoms. The van der Waals surface area contributed by atoms with Crippen LogP contribution in [0.1, 0.15) is 39.0 Å². The van der Waals surface area contributed by atoms with Crippen LogP contribution >= 0.6 is 0 Å². The molecule has 0 aromatic heterocycles. The van der Waals surface area contributed by atoms with Crippen molar-refractivity contribution < 1.29 is 9.53 Å². The van der Waals surface area contributed by atoms with Gasteiger partial charge in [-0.05, 0) is 32.2 Å². The standard InChI is InChI=1S/C15H29N3O2/c1-3-16-12-10-13-4-5-14(11-12)18(13)8-6-15(19)17-7-9-20-2/h12-14,16H,3-11H2,1-2H3,(H,17,19). The normalized spacial score (nSPS) is 29.6. The van der Waals surface area contributed by atoms with Crippen LogP contribution in [0, 0.1) is 0 Å². The smallest absolute Gasteiger partial charge is 0.221 e. The number of carbonyl (C=O) groups excluding carboxylic acids is 1. The summed E-state index contributed by atoms with van der Waals surface area (Å²) in [5.74, 6) is 0.148. The predicted molar refractivity (Wildman–Crippen MR) is 79.7 cm³/mol. The van der Waals surface area contributed by atoms with Gasteiger partial charge in [0.05, 0.1) is 6.61 Å². The van der Waals surface area contributed by atoms with Crippen LogP contribution in [-0.4, -0.2) is 62.3 Å². The molecule has 1 amide bonds. The number of hydrogen-bond acceptors (Lipinski definition) is 4. The van der Waals surface area contributed by atoms with Gasteiger partial charge in [0.1, 0.15) is 0 Å². The Hall–Kier alpha value is -0.650. The number of rotatable bonds is 8. The third-order valence-corrected chi connectivity index (χ3v) is 4.60. The van der Waals surface area contributed by atoms with Crippen LogP contribution in [0.3, 0.4) is 0 Å². The summed E-state index contributed by atoms with van der Waals surface area (Å²) in [5, 5.41) is 6.48. The number of nitrogens with one attached hydrogen (secondary N) is 2. The van der Waals surface area contributed by atoms with Gasteiger partial charge in [0.25, 0.3) is 0 Å². The van der Waals surface area contributed by atoms with E-state index in [4.69, 9.17) is 4.74 Å². The molecule has 0 radical (unpaired) electrons. The van der Waals surface area contributed by atoms with E-state index in [1.807, 2.05) is 0 Å². The lowest BCUT2D eigenvalue weighted by Gasteiger charge is -2.39. The molecule has 2 rings (SSSR count). The molecule has 2 heterocycles. The maximum Gasteiger partial charge on any atom is 0.221 e. The molecule has 0 aliphatic carbocycles. The minimum atomic E-state index is 0.148. The average Bonchev–Trinajstić information content (AvgIpc) is 2.67. The van der Waals surface area contributed by atoms with Crippen LogP contribution in [0.15, 0.2) is 0 Å². The van der Waals surface area contributed by atoms with E-state index in [1.54, 1.807) is 7.11 Å². The van der Waals surface area contributed by atoms with Crippen molar-refractivity contribution in [3.05, 3.63) is 0 Å². The summed E-state index contributed by atoms with van der Waals surface area (Å²) in [6.45, 7) is 5.35. The summed E-state index contributed by atoms with van der Waals surface area (Å²) >= 11 is 0. The first-order chi connectivity index (χ1) is 9.74. The van der Waals surface area contributed by atoms with E-state index in [0.29, 0.717) is 37.7 Å². The van der Waals surface area contributed by atoms with Gasteiger partial charge in [0, 0.05) is 44.7 Å². The van der Waals surface area contributed by atoms with Crippen LogP contribution in [0.5, 0.6) is 0 Å². The molecule has 0 saturated carbocycles. The van der Waals surface area contributed by atoms with Crippen LogP contribution in [0.25, 0.3) is 0 Å². The highest BCUT2D eigenvalue weighted by molar-refractivity contribution is 5.76. The molecule has 116 valence electrons. The lowest BCUT2D eigenvalue weighted by Crippen LogP contribution is -2.49. The Morgan fingerprint density at radius 2 is 2.00 bits per heavy atom. The molecule has 2 saturated heterocycles. The lowest BCUT2D eigenvalue weighted by atomic mass is 9.97. The van der Waals surface area contributed by atoms with Gasteiger partial charge < -0.3 is 15.4 Å². The molecule has 2 bridgehead atoms. The van der Waals surface area contributed by atoms with Gasteiger partial charge >= 0.3 is 0 Å². The minimum absolute atomic E-state index is 0.148. The van der Waals surface area contributed by atoms with E-state index in [1.165, 1.54) is 25.7 Å². The van der Waals surface area contributed by atoms with Crippen molar-refractivity contribution in [2.75, 3.05) is 33.4 Å². The quantitative estimate of drug-likeness (QED) is 0.645. The number of carbonyl (C=O) groups is 1. The zero-order valence-electron chi connectivity index (χ0n) is 12.9. The highest BCUT2D eigenvalue weighted by Gasteiger charge is 2.40. The summed E-state index contributed by atoms with van der Waals surface area (Å²) in [4.78, 5) is 14.3. The van der Waals surface area contributed by atoms with Gasteiger partial charge in [-0.1, -0.05) is 6.92 Å². The maximum absolute atomic E-state index is 11.8. The highest BCUT2D eigenvalue weighted by atomic mass is 16.5. The molecule has 5 nitrogen and oxygen atoms in total. The topological polar surface area (TPSA) is 53.6 Å². The van der Waals surface area contributed by atoms with Crippen molar-refractivity contribution in [1.29, 1.82) is 0 Å². The number of nitrogens with zero attached hydrogens (tertiary/aromatic N) is 1. The minimum Gasteiger partial charge on any atom is -0.383 e. The summed E-state index contributed by atoms with van der Waals surface area (Å²) in [7, 11) is 1.65. The van der Waals surface area contributed by atoms with Crippen LogP contribution in [0.4, 0.5) is 0 Å². The van der Waals surface area contributed by atoms with E-state index in [0.717, 1.165) is 13.1 Å².